The molecule has 2 fully saturated rings. The number of fused-ring (bicyclic) bond motifs is 4. The molecule has 5 rings (SSSR count). The molecular formula is C21H17ClN4O5. The first-order chi connectivity index (χ1) is 14.8. The maximum atomic E-state index is 13.8. The first-order valence-electron chi connectivity index (χ1n) is 9.82. The average Bonchev–Trinajstić information content (AvgIpc) is 3.22. The summed E-state index contributed by atoms with van der Waals surface area (Å²) in [6.45, 7) is 0.614. The highest BCUT2D eigenvalue weighted by Gasteiger charge is 2.63. The van der Waals surface area contributed by atoms with E-state index < -0.39 is 34.2 Å². The van der Waals surface area contributed by atoms with E-state index >= 15 is 0 Å². The van der Waals surface area contributed by atoms with Crippen molar-refractivity contribution in [3.05, 3.63) is 63.2 Å². The number of hydrogen-bond donors (Lipinski definition) is 1. The van der Waals surface area contributed by atoms with Crippen LogP contribution in [0.4, 0.5) is 21.9 Å². The highest BCUT2D eigenvalue weighted by atomic mass is 35.5. The number of urea groups is 1. The number of imide groups is 2. The van der Waals surface area contributed by atoms with Crippen LogP contribution in [-0.2, 0) is 16.0 Å². The lowest BCUT2D eigenvalue weighted by Crippen LogP contribution is -2.71. The summed E-state index contributed by atoms with van der Waals surface area (Å²) in [5.74, 6) is -1.31. The molecular weight excluding hydrogens is 424 g/mol. The van der Waals surface area contributed by atoms with Crippen molar-refractivity contribution in [1.82, 2.24) is 5.32 Å². The molecule has 2 aromatic rings. The van der Waals surface area contributed by atoms with Crippen molar-refractivity contribution in [3.8, 4) is 0 Å². The summed E-state index contributed by atoms with van der Waals surface area (Å²) in [6.07, 6.45) is 1.32. The molecule has 2 saturated heterocycles. The predicted molar refractivity (Wildman–Crippen MR) is 112 cm³/mol. The first kappa shape index (κ1) is 19.5. The van der Waals surface area contributed by atoms with Gasteiger partial charge < -0.3 is 4.90 Å². The maximum absolute atomic E-state index is 13.8. The maximum Gasteiger partial charge on any atom is 0.335 e. The standard InChI is InChI=1S/C21H17ClN4O5/c22-13-3-1-4-14(10-13)25-19(28)21(18(27)23-20(25)29)11-12-9-15(26(30)31)6-7-16(12)24-8-2-5-17(21)24/h1,3-4,6-7,9-10,17H,2,5,8,11H2,(H,23,27,29)/t17-,21+/m0/s1. The second kappa shape index (κ2) is 6.78. The number of hydrogen-bond acceptors (Lipinski definition) is 6. The number of non-ortho nitro benzene ring substituents is 1. The van der Waals surface area contributed by atoms with Crippen LogP contribution in [0.15, 0.2) is 42.5 Å². The molecule has 3 aliphatic rings. The number of nitro groups is 1. The molecule has 31 heavy (non-hydrogen) atoms. The monoisotopic (exact) mass is 440 g/mol. The summed E-state index contributed by atoms with van der Waals surface area (Å²) < 4.78 is 0. The van der Waals surface area contributed by atoms with Gasteiger partial charge in [-0.15, -0.1) is 0 Å². The largest absolute Gasteiger partial charge is 0.367 e. The molecule has 2 atom stereocenters. The minimum atomic E-state index is -1.57. The van der Waals surface area contributed by atoms with Crippen LogP contribution in [0.2, 0.25) is 5.02 Å². The zero-order valence-electron chi connectivity index (χ0n) is 16.2. The number of benzene rings is 2. The summed E-state index contributed by atoms with van der Waals surface area (Å²) >= 11 is 6.06. The fourth-order valence-electron chi connectivity index (χ4n) is 5.05. The normalized spacial score (nSPS) is 24.8. The lowest BCUT2D eigenvalue weighted by Gasteiger charge is -2.49. The van der Waals surface area contributed by atoms with E-state index in [9.17, 15) is 24.5 Å². The molecule has 0 saturated carbocycles. The average molecular weight is 441 g/mol. The van der Waals surface area contributed by atoms with Crippen LogP contribution in [-0.4, -0.2) is 35.4 Å². The molecule has 0 bridgehead atoms. The molecule has 2 aromatic carbocycles. The number of nitrogens with one attached hydrogen (secondary N) is 1. The number of amides is 4. The third kappa shape index (κ3) is 2.73. The van der Waals surface area contributed by atoms with E-state index in [-0.39, 0.29) is 17.8 Å². The number of nitrogens with zero attached hydrogens (tertiary/aromatic N) is 3. The fraction of sp³-hybridized carbons (Fsp3) is 0.286. The Balaban J connectivity index is 1.67. The van der Waals surface area contributed by atoms with Crippen molar-refractivity contribution in [2.75, 3.05) is 16.3 Å². The van der Waals surface area contributed by atoms with E-state index in [1.54, 1.807) is 24.3 Å². The summed E-state index contributed by atoms with van der Waals surface area (Å²) in [6, 6.07) is 9.50. The Morgan fingerprint density at radius 1 is 1.16 bits per heavy atom. The molecule has 0 aliphatic carbocycles. The minimum absolute atomic E-state index is 0.0276. The molecule has 0 unspecified atom stereocenters. The second-order valence-electron chi connectivity index (χ2n) is 7.95. The Bertz CT molecular complexity index is 1170. The molecule has 10 heteroatoms. The van der Waals surface area contributed by atoms with Gasteiger partial charge in [-0.2, -0.15) is 0 Å². The summed E-state index contributed by atoms with van der Waals surface area (Å²) in [4.78, 5) is 53.5. The van der Waals surface area contributed by atoms with Crippen LogP contribution in [0.25, 0.3) is 0 Å². The third-order valence-electron chi connectivity index (χ3n) is 6.35. The van der Waals surface area contributed by atoms with Crippen molar-refractivity contribution < 1.29 is 19.3 Å². The molecule has 9 nitrogen and oxygen atoms in total. The predicted octanol–water partition coefficient (Wildman–Crippen LogP) is 3.04. The van der Waals surface area contributed by atoms with Crippen molar-refractivity contribution in [3.63, 3.8) is 0 Å². The van der Waals surface area contributed by atoms with E-state index in [2.05, 4.69) is 5.32 Å². The van der Waals surface area contributed by atoms with Crippen molar-refractivity contribution in [1.29, 1.82) is 0 Å². The Kier molecular flexibility index (Phi) is 4.26. The van der Waals surface area contributed by atoms with Crippen LogP contribution in [0.3, 0.4) is 0 Å². The summed E-state index contributed by atoms with van der Waals surface area (Å²) in [5, 5.41) is 14.0. The van der Waals surface area contributed by atoms with Gasteiger partial charge in [0.15, 0.2) is 5.41 Å². The Hall–Kier alpha value is -3.46. The lowest BCUT2D eigenvalue weighted by molar-refractivity contribution is -0.384. The number of carbonyl (C=O) groups is 3. The van der Waals surface area contributed by atoms with Crippen molar-refractivity contribution in [2.45, 2.75) is 25.3 Å². The summed E-state index contributed by atoms with van der Waals surface area (Å²) in [5.41, 5.74) is -0.106. The lowest BCUT2D eigenvalue weighted by atomic mass is 9.68. The molecule has 3 aliphatic heterocycles. The van der Waals surface area contributed by atoms with Gasteiger partial charge in [0, 0.05) is 35.8 Å². The number of barbiturate groups is 1. The molecule has 0 radical (unpaired) electrons. The van der Waals surface area contributed by atoms with Crippen LogP contribution in [0.5, 0.6) is 0 Å². The van der Waals surface area contributed by atoms with E-state index in [0.717, 1.165) is 17.0 Å². The van der Waals surface area contributed by atoms with Crippen LogP contribution in [0.1, 0.15) is 18.4 Å². The smallest absolute Gasteiger partial charge is 0.335 e. The first-order valence-corrected chi connectivity index (χ1v) is 10.2. The van der Waals surface area contributed by atoms with E-state index in [4.69, 9.17) is 11.6 Å². The van der Waals surface area contributed by atoms with Gasteiger partial charge >= 0.3 is 6.03 Å². The molecule has 158 valence electrons. The minimum Gasteiger partial charge on any atom is -0.367 e. The van der Waals surface area contributed by atoms with E-state index in [1.165, 1.54) is 18.2 Å². The van der Waals surface area contributed by atoms with Gasteiger partial charge in [-0.25, -0.2) is 9.69 Å². The molecule has 3 heterocycles. The van der Waals surface area contributed by atoms with Gasteiger partial charge in [0.2, 0.25) is 5.91 Å². The van der Waals surface area contributed by atoms with Gasteiger partial charge in [0.1, 0.15) is 0 Å². The fourth-order valence-corrected chi connectivity index (χ4v) is 5.23. The zero-order chi connectivity index (χ0) is 21.9. The Labute approximate surface area is 181 Å². The van der Waals surface area contributed by atoms with Crippen LogP contribution < -0.4 is 15.1 Å². The van der Waals surface area contributed by atoms with Crippen molar-refractivity contribution >= 4 is 46.5 Å². The van der Waals surface area contributed by atoms with Crippen molar-refractivity contribution in [2.24, 2.45) is 5.41 Å². The molecule has 0 aromatic heterocycles. The number of nitro benzene ring substituents is 1. The highest BCUT2D eigenvalue weighted by Crippen LogP contribution is 2.49. The van der Waals surface area contributed by atoms with Gasteiger partial charge in [-0.05, 0) is 42.7 Å². The number of carbonyl (C=O) groups excluding carboxylic acids is 3. The molecule has 1 spiro atoms. The number of anilines is 2. The van der Waals surface area contributed by atoms with E-state index in [0.29, 0.717) is 23.6 Å². The van der Waals surface area contributed by atoms with Crippen LogP contribution >= 0.6 is 11.6 Å². The highest BCUT2D eigenvalue weighted by molar-refractivity contribution is 6.33. The van der Waals surface area contributed by atoms with Gasteiger partial charge in [-0.3, -0.25) is 25.0 Å². The van der Waals surface area contributed by atoms with Crippen LogP contribution in [0, 0.1) is 15.5 Å². The number of rotatable bonds is 2. The number of halogens is 1. The van der Waals surface area contributed by atoms with E-state index in [1.807, 2.05) is 4.90 Å². The third-order valence-corrected chi connectivity index (χ3v) is 6.59. The zero-order valence-corrected chi connectivity index (χ0v) is 17.0. The summed E-state index contributed by atoms with van der Waals surface area (Å²) in [7, 11) is 0. The van der Waals surface area contributed by atoms with Gasteiger partial charge in [-0.1, -0.05) is 17.7 Å². The van der Waals surface area contributed by atoms with Gasteiger partial charge in [0.25, 0.3) is 11.6 Å². The van der Waals surface area contributed by atoms with Gasteiger partial charge in [0.05, 0.1) is 16.7 Å². The molecule has 4 amide bonds. The quantitative estimate of drug-likeness (QED) is 0.436. The SMILES string of the molecule is O=C1NC(=O)[C@]2(Cc3cc([N+](=O)[O-])ccc3N3CCC[C@H]32)C(=O)N1c1cccc(Cl)c1. The Morgan fingerprint density at radius 3 is 2.71 bits per heavy atom. The molecule has 1 N–H and O–H groups in total. The Morgan fingerprint density at radius 2 is 1.97 bits per heavy atom. The topological polar surface area (TPSA) is 113 Å². The second-order valence-corrected chi connectivity index (χ2v) is 8.39.